The first-order chi connectivity index (χ1) is 15.1. The van der Waals surface area contributed by atoms with Gasteiger partial charge in [-0.25, -0.2) is 4.98 Å². The van der Waals surface area contributed by atoms with Crippen molar-refractivity contribution in [1.82, 2.24) is 10.3 Å². The summed E-state index contributed by atoms with van der Waals surface area (Å²) in [5, 5.41) is 15.7. The number of nitriles is 1. The van der Waals surface area contributed by atoms with E-state index in [9.17, 15) is 4.79 Å². The molecular weight excluding hydrogens is 390 g/mol. The van der Waals surface area contributed by atoms with E-state index in [4.69, 9.17) is 15.7 Å². The standard InChI is InChI=1S/C24H23N5O2/c25-12-17-6-4-16(5-7-17)8-9-27-14-21-15-28-22-11-20(13-29-24(22)31-21)18-2-1-3-19(10-18)23(26)30/h1-7,10-11,13,21,27-28H,8-9,14-15H2,(H2,26,30). The Bertz CT molecular complexity index is 1120. The second-order valence-corrected chi connectivity index (χ2v) is 7.41. The van der Waals surface area contributed by atoms with Gasteiger partial charge < -0.3 is 21.1 Å². The number of nitrogens with one attached hydrogen (secondary N) is 2. The molecule has 2 aromatic carbocycles. The Morgan fingerprint density at radius 1 is 1.23 bits per heavy atom. The molecule has 1 aliphatic heterocycles. The van der Waals surface area contributed by atoms with Gasteiger partial charge in [0.05, 0.1) is 23.9 Å². The van der Waals surface area contributed by atoms with Crippen molar-refractivity contribution in [3.05, 3.63) is 77.5 Å². The topological polar surface area (TPSA) is 113 Å². The fourth-order valence-corrected chi connectivity index (χ4v) is 3.46. The van der Waals surface area contributed by atoms with E-state index in [0.29, 0.717) is 30.1 Å². The number of rotatable bonds is 7. The number of primary amides is 1. The lowest BCUT2D eigenvalue weighted by Gasteiger charge is -2.27. The van der Waals surface area contributed by atoms with Crippen molar-refractivity contribution in [2.75, 3.05) is 25.0 Å². The summed E-state index contributed by atoms with van der Waals surface area (Å²) in [6.07, 6.45) is 2.60. The van der Waals surface area contributed by atoms with Gasteiger partial charge in [0.15, 0.2) is 0 Å². The fourth-order valence-electron chi connectivity index (χ4n) is 3.46. The number of aromatic nitrogens is 1. The molecule has 1 aliphatic rings. The lowest BCUT2D eigenvalue weighted by atomic mass is 10.0. The number of hydrogen-bond donors (Lipinski definition) is 3. The molecule has 0 spiro atoms. The molecule has 0 saturated carbocycles. The maximum Gasteiger partial charge on any atom is 0.248 e. The van der Waals surface area contributed by atoms with Crippen molar-refractivity contribution in [3.8, 4) is 23.1 Å². The predicted octanol–water partition coefficient (Wildman–Crippen LogP) is 2.72. The molecule has 4 N–H and O–H groups in total. The Hall–Kier alpha value is -3.89. The van der Waals surface area contributed by atoms with Crippen molar-refractivity contribution < 1.29 is 9.53 Å². The van der Waals surface area contributed by atoms with Crippen molar-refractivity contribution in [2.45, 2.75) is 12.5 Å². The number of anilines is 1. The third-order valence-corrected chi connectivity index (χ3v) is 5.18. The third-order valence-electron chi connectivity index (χ3n) is 5.18. The van der Waals surface area contributed by atoms with Crippen molar-refractivity contribution in [1.29, 1.82) is 5.26 Å². The van der Waals surface area contributed by atoms with E-state index in [0.717, 1.165) is 29.8 Å². The molecule has 0 bridgehead atoms. The molecular formula is C24H23N5O2. The quantitative estimate of drug-likeness (QED) is 0.513. The van der Waals surface area contributed by atoms with E-state index in [1.165, 1.54) is 5.56 Å². The summed E-state index contributed by atoms with van der Waals surface area (Å²) in [6.45, 7) is 2.19. The van der Waals surface area contributed by atoms with E-state index in [1.54, 1.807) is 24.4 Å². The van der Waals surface area contributed by atoms with Crippen LogP contribution in [0.25, 0.3) is 11.1 Å². The van der Waals surface area contributed by atoms with Gasteiger partial charge in [0, 0.05) is 23.9 Å². The molecule has 0 radical (unpaired) electrons. The highest BCUT2D eigenvalue weighted by molar-refractivity contribution is 5.94. The Kier molecular flexibility index (Phi) is 6.11. The average molecular weight is 413 g/mol. The summed E-state index contributed by atoms with van der Waals surface area (Å²) < 4.78 is 6.02. The van der Waals surface area contributed by atoms with Gasteiger partial charge in [0.25, 0.3) is 0 Å². The molecule has 1 amide bonds. The monoisotopic (exact) mass is 413 g/mol. The minimum atomic E-state index is -0.455. The van der Waals surface area contributed by atoms with Crippen molar-refractivity contribution >= 4 is 11.6 Å². The first-order valence-electron chi connectivity index (χ1n) is 10.1. The van der Waals surface area contributed by atoms with E-state index in [-0.39, 0.29) is 6.10 Å². The van der Waals surface area contributed by atoms with Crippen LogP contribution < -0.4 is 21.1 Å². The minimum absolute atomic E-state index is 0.0231. The minimum Gasteiger partial charge on any atom is -0.470 e. The molecule has 2 heterocycles. The number of carbonyl (C=O) groups excluding carboxylic acids is 1. The van der Waals surface area contributed by atoms with Gasteiger partial charge in [0.1, 0.15) is 6.10 Å². The summed E-state index contributed by atoms with van der Waals surface area (Å²) in [5.41, 5.74) is 10.3. The first kappa shape index (κ1) is 20.4. The maximum absolute atomic E-state index is 11.4. The van der Waals surface area contributed by atoms with Gasteiger partial charge in [-0.3, -0.25) is 4.79 Å². The van der Waals surface area contributed by atoms with Gasteiger partial charge in [0.2, 0.25) is 11.8 Å². The smallest absolute Gasteiger partial charge is 0.248 e. The normalized spacial score (nSPS) is 14.6. The summed E-state index contributed by atoms with van der Waals surface area (Å²) in [7, 11) is 0. The van der Waals surface area contributed by atoms with Crippen LogP contribution in [-0.4, -0.2) is 36.6 Å². The predicted molar refractivity (Wildman–Crippen MR) is 119 cm³/mol. The molecule has 1 atom stereocenters. The number of fused-ring (bicyclic) bond motifs is 1. The van der Waals surface area contributed by atoms with Gasteiger partial charge in [-0.1, -0.05) is 24.3 Å². The highest BCUT2D eigenvalue weighted by Crippen LogP contribution is 2.31. The van der Waals surface area contributed by atoms with E-state index < -0.39 is 5.91 Å². The van der Waals surface area contributed by atoms with Gasteiger partial charge in [-0.2, -0.15) is 5.26 Å². The molecule has 1 aromatic heterocycles. The lowest BCUT2D eigenvalue weighted by molar-refractivity contribution is 0.100. The van der Waals surface area contributed by atoms with Gasteiger partial charge in [-0.15, -0.1) is 0 Å². The van der Waals surface area contributed by atoms with Crippen LogP contribution in [-0.2, 0) is 6.42 Å². The summed E-state index contributed by atoms with van der Waals surface area (Å²) >= 11 is 0. The number of nitrogens with zero attached hydrogens (tertiary/aromatic N) is 2. The van der Waals surface area contributed by atoms with Gasteiger partial charge in [-0.05, 0) is 54.4 Å². The van der Waals surface area contributed by atoms with Crippen LogP contribution >= 0.6 is 0 Å². The SMILES string of the molecule is N#Cc1ccc(CCNCC2CNc3cc(-c4cccc(C(N)=O)c4)cnc3O2)cc1. The number of amides is 1. The van der Waals surface area contributed by atoms with E-state index in [1.807, 2.05) is 36.4 Å². The summed E-state index contributed by atoms with van der Waals surface area (Å²) in [5.74, 6) is 0.115. The molecule has 4 rings (SSSR count). The lowest BCUT2D eigenvalue weighted by Crippen LogP contribution is -2.40. The van der Waals surface area contributed by atoms with Crippen LogP contribution in [0.4, 0.5) is 5.69 Å². The van der Waals surface area contributed by atoms with E-state index in [2.05, 4.69) is 21.7 Å². The van der Waals surface area contributed by atoms with Crippen LogP contribution in [0.5, 0.6) is 5.88 Å². The highest BCUT2D eigenvalue weighted by atomic mass is 16.5. The number of hydrogen-bond acceptors (Lipinski definition) is 6. The number of pyridine rings is 1. The highest BCUT2D eigenvalue weighted by Gasteiger charge is 2.20. The number of carbonyl (C=O) groups is 1. The zero-order chi connectivity index (χ0) is 21.6. The van der Waals surface area contributed by atoms with Crippen LogP contribution in [0, 0.1) is 11.3 Å². The zero-order valence-corrected chi connectivity index (χ0v) is 17.0. The number of benzene rings is 2. The van der Waals surface area contributed by atoms with Gasteiger partial charge >= 0.3 is 0 Å². The molecule has 7 nitrogen and oxygen atoms in total. The molecule has 0 saturated heterocycles. The summed E-state index contributed by atoms with van der Waals surface area (Å²) in [6, 6.07) is 18.9. The first-order valence-corrected chi connectivity index (χ1v) is 10.1. The Balaban J connectivity index is 1.31. The molecule has 1 unspecified atom stereocenters. The molecule has 0 fully saturated rings. The van der Waals surface area contributed by atoms with Crippen LogP contribution in [0.1, 0.15) is 21.5 Å². The van der Waals surface area contributed by atoms with Crippen molar-refractivity contribution in [2.24, 2.45) is 5.73 Å². The molecule has 3 aromatic rings. The molecule has 31 heavy (non-hydrogen) atoms. The number of nitrogens with two attached hydrogens (primary N) is 1. The van der Waals surface area contributed by atoms with Crippen LogP contribution in [0.3, 0.4) is 0 Å². The second kappa shape index (κ2) is 9.28. The van der Waals surface area contributed by atoms with Crippen molar-refractivity contribution in [3.63, 3.8) is 0 Å². The molecule has 7 heteroatoms. The molecule has 156 valence electrons. The van der Waals surface area contributed by atoms with Crippen LogP contribution in [0.15, 0.2) is 60.8 Å². The zero-order valence-electron chi connectivity index (χ0n) is 17.0. The molecule has 0 aliphatic carbocycles. The van der Waals surface area contributed by atoms with E-state index >= 15 is 0 Å². The Morgan fingerprint density at radius 2 is 2.06 bits per heavy atom. The second-order valence-electron chi connectivity index (χ2n) is 7.41. The third kappa shape index (κ3) is 5.00. The summed E-state index contributed by atoms with van der Waals surface area (Å²) in [4.78, 5) is 15.9. The largest absolute Gasteiger partial charge is 0.470 e. The van der Waals surface area contributed by atoms with Crippen LogP contribution in [0.2, 0.25) is 0 Å². The average Bonchev–Trinajstić information content (AvgIpc) is 2.82. The Labute approximate surface area is 180 Å². The fraction of sp³-hybridized carbons (Fsp3) is 0.208. The maximum atomic E-state index is 11.4. The Morgan fingerprint density at radius 3 is 2.84 bits per heavy atom. The number of ether oxygens (including phenoxy) is 1.